The zero-order valence-electron chi connectivity index (χ0n) is 22.7. The van der Waals surface area contributed by atoms with E-state index in [-0.39, 0.29) is 55.0 Å². The second-order valence-corrected chi connectivity index (χ2v) is 11.8. The number of likely N-dealkylation sites (tertiary alicyclic amines) is 1. The highest BCUT2D eigenvalue weighted by Crippen LogP contribution is 2.35. The summed E-state index contributed by atoms with van der Waals surface area (Å²) >= 11 is 6.09. The third-order valence-corrected chi connectivity index (χ3v) is 7.44. The van der Waals surface area contributed by atoms with Crippen LogP contribution in [-0.4, -0.2) is 51.6 Å². The first-order chi connectivity index (χ1) is 18.5. The van der Waals surface area contributed by atoms with E-state index in [2.05, 4.69) is 5.32 Å². The highest BCUT2D eigenvalue weighted by Gasteiger charge is 2.47. The normalized spacial score (nSPS) is 19.5. The highest BCUT2D eigenvalue weighted by molar-refractivity contribution is 6.30. The topological polar surface area (TPSA) is 86.8 Å². The Morgan fingerprint density at radius 3 is 2.10 bits per heavy atom. The summed E-state index contributed by atoms with van der Waals surface area (Å²) in [5.74, 6) is -1.67. The van der Waals surface area contributed by atoms with Gasteiger partial charge in [-0.15, -0.1) is 0 Å². The van der Waals surface area contributed by atoms with E-state index >= 15 is 0 Å². The second kappa shape index (κ2) is 12.2. The summed E-state index contributed by atoms with van der Waals surface area (Å²) in [5.41, 5.74) is 1.24. The number of nitrogens with one attached hydrogen (secondary N) is 1. The van der Waals surface area contributed by atoms with Crippen LogP contribution in [0.5, 0.6) is 0 Å². The molecule has 1 saturated heterocycles. The van der Waals surface area contributed by atoms with E-state index in [0.717, 1.165) is 11.1 Å². The van der Waals surface area contributed by atoms with Crippen molar-refractivity contribution in [2.24, 2.45) is 11.8 Å². The van der Waals surface area contributed by atoms with Gasteiger partial charge >= 0.3 is 0 Å². The predicted octanol–water partition coefficient (Wildman–Crippen LogP) is 4.54. The molecule has 4 amide bonds. The van der Waals surface area contributed by atoms with Crippen molar-refractivity contribution in [3.63, 3.8) is 0 Å². The van der Waals surface area contributed by atoms with Crippen molar-refractivity contribution in [3.8, 4) is 0 Å². The van der Waals surface area contributed by atoms with E-state index in [4.69, 9.17) is 11.6 Å². The number of imide groups is 1. The molecule has 0 radical (unpaired) electrons. The van der Waals surface area contributed by atoms with Crippen molar-refractivity contribution in [2.45, 2.75) is 64.6 Å². The third kappa shape index (κ3) is 7.15. The first-order valence-corrected chi connectivity index (χ1v) is 13.8. The van der Waals surface area contributed by atoms with Crippen LogP contribution in [0.15, 0.2) is 66.7 Å². The van der Waals surface area contributed by atoms with E-state index < -0.39 is 11.6 Å². The van der Waals surface area contributed by atoms with Crippen LogP contribution in [0, 0.1) is 11.8 Å². The van der Waals surface area contributed by atoms with Crippen molar-refractivity contribution in [3.05, 3.63) is 82.9 Å². The minimum absolute atomic E-state index is 0.000432. The number of carbonyl (C=O) groups is 4. The molecule has 0 bridgehead atoms. The minimum atomic E-state index is -0.799. The fourth-order valence-corrected chi connectivity index (χ4v) is 5.36. The standard InChI is InChI=1S/C31H36ClN3O4/c1-31(2,3)33-28(37)26(19-21-9-5-4-6-10-21)35(20-22-13-15-23(32)16-14-22)27(36)17-18-34-29(38)24-11-7-8-12-25(24)30(34)39/h4-10,13-16,24-26H,11-12,17-20H2,1-3H3,(H,33,37)/t24-,25+,26-/m1/s1. The molecule has 1 heterocycles. The Balaban J connectivity index is 1.60. The molecule has 2 aromatic rings. The van der Waals surface area contributed by atoms with Gasteiger partial charge in [-0.2, -0.15) is 0 Å². The monoisotopic (exact) mass is 549 g/mol. The number of allylic oxidation sites excluding steroid dienone is 2. The second-order valence-electron chi connectivity index (χ2n) is 11.3. The molecule has 1 aliphatic heterocycles. The number of hydrogen-bond acceptors (Lipinski definition) is 4. The molecule has 1 aliphatic carbocycles. The van der Waals surface area contributed by atoms with Gasteiger partial charge in [-0.3, -0.25) is 24.1 Å². The molecule has 3 atom stereocenters. The summed E-state index contributed by atoms with van der Waals surface area (Å²) in [4.78, 5) is 56.2. The van der Waals surface area contributed by atoms with Gasteiger partial charge in [0.05, 0.1) is 11.8 Å². The summed E-state index contributed by atoms with van der Waals surface area (Å²) in [6.45, 7) is 5.87. The van der Waals surface area contributed by atoms with Gasteiger partial charge in [-0.05, 0) is 56.9 Å². The van der Waals surface area contributed by atoms with Crippen LogP contribution >= 0.6 is 11.6 Å². The maximum atomic E-state index is 13.9. The third-order valence-electron chi connectivity index (χ3n) is 7.18. The van der Waals surface area contributed by atoms with Gasteiger partial charge in [0.1, 0.15) is 6.04 Å². The van der Waals surface area contributed by atoms with Crippen molar-refractivity contribution in [1.82, 2.24) is 15.1 Å². The zero-order valence-corrected chi connectivity index (χ0v) is 23.5. The van der Waals surface area contributed by atoms with Gasteiger partial charge in [-0.1, -0.05) is 66.2 Å². The fraction of sp³-hybridized carbons (Fsp3) is 0.419. The first kappa shape index (κ1) is 28.6. The van der Waals surface area contributed by atoms with Gasteiger partial charge in [0.25, 0.3) is 0 Å². The van der Waals surface area contributed by atoms with Crippen molar-refractivity contribution >= 4 is 35.2 Å². The van der Waals surface area contributed by atoms with Crippen molar-refractivity contribution in [2.75, 3.05) is 6.54 Å². The van der Waals surface area contributed by atoms with E-state index in [9.17, 15) is 19.2 Å². The SMILES string of the molecule is CC(C)(C)NC(=O)[C@@H](Cc1ccccc1)N(Cc1ccc(Cl)cc1)C(=O)CCN1C(=O)[C@H]2CC=CC[C@H]2C1=O. The maximum Gasteiger partial charge on any atom is 0.243 e. The summed E-state index contributed by atoms with van der Waals surface area (Å²) in [6.07, 6.45) is 5.24. The van der Waals surface area contributed by atoms with Crippen LogP contribution in [0.2, 0.25) is 5.02 Å². The van der Waals surface area contributed by atoms with Gasteiger partial charge in [0.15, 0.2) is 0 Å². The van der Waals surface area contributed by atoms with Crippen LogP contribution in [0.1, 0.15) is 51.2 Å². The molecule has 0 spiro atoms. The zero-order chi connectivity index (χ0) is 28.2. The number of rotatable bonds is 9. The number of hydrogen-bond donors (Lipinski definition) is 1. The Hall–Kier alpha value is -3.45. The Morgan fingerprint density at radius 2 is 1.54 bits per heavy atom. The number of carbonyl (C=O) groups excluding carboxylic acids is 4. The quantitative estimate of drug-likeness (QED) is 0.367. The smallest absolute Gasteiger partial charge is 0.243 e. The molecule has 206 valence electrons. The lowest BCUT2D eigenvalue weighted by Crippen LogP contribution is -2.54. The molecule has 0 aromatic heterocycles. The Labute approximate surface area is 235 Å². The average Bonchev–Trinajstić information content (AvgIpc) is 3.14. The van der Waals surface area contributed by atoms with Crippen LogP contribution in [0.3, 0.4) is 0 Å². The fourth-order valence-electron chi connectivity index (χ4n) is 5.23. The van der Waals surface area contributed by atoms with E-state index in [1.54, 1.807) is 17.0 Å². The van der Waals surface area contributed by atoms with Crippen LogP contribution in [-0.2, 0) is 32.1 Å². The number of benzene rings is 2. The summed E-state index contributed by atoms with van der Waals surface area (Å²) in [7, 11) is 0. The lowest BCUT2D eigenvalue weighted by molar-refractivity contribution is -0.144. The lowest BCUT2D eigenvalue weighted by atomic mass is 9.85. The molecule has 4 rings (SSSR count). The minimum Gasteiger partial charge on any atom is -0.350 e. The largest absolute Gasteiger partial charge is 0.350 e. The van der Waals surface area contributed by atoms with E-state index in [1.807, 2.05) is 75.4 Å². The summed E-state index contributed by atoms with van der Waals surface area (Å²) < 4.78 is 0. The molecule has 2 aromatic carbocycles. The molecule has 0 unspecified atom stereocenters. The lowest BCUT2D eigenvalue weighted by Gasteiger charge is -2.34. The number of amides is 4. The molecule has 1 N–H and O–H groups in total. The van der Waals surface area contributed by atoms with E-state index in [0.29, 0.717) is 24.3 Å². The van der Waals surface area contributed by atoms with Crippen LogP contribution in [0.25, 0.3) is 0 Å². The van der Waals surface area contributed by atoms with Gasteiger partial charge in [0.2, 0.25) is 23.6 Å². The molecular formula is C31H36ClN3O4. The van der Waals surface area contributed by atoms with E-state index in [1.165, 1.54) is 4.90 Å². The van der Waals surface area contributed by atoms with Crippen LogP contribution in [0.4, 0.5) is 0 Å². The Morgan fingerprint density at radius 1 is 0.949 bits per heavy atom. The van der Waals surface area contributed by atoms with Gasteiger partial charge in [-0.25, -0.2) is 0 Å². The molecule has 8 heteroatoms. The molecular weight excluding hydrogens is 514 g/mol. The number of halogens is 1. The molecule has 2 aliphatic rings. The maximum absolute atomic E-state index is 13.9. The molecule has 1 fully saturated rings. The Bertz CT molecular complexity index is 1210. The number of nitrogens with zero attached hydrogens (tertiary/aromatic N) is 2. The van der Waals surface area contributed by atoms with Crippen LogP contribution < -0.4 is 5.32 Å². The highest BCUT2D eigenvalue weighted by atomic mass is 35.5. The average molecular weight is 550 g/mol. The first-order valence-electron chi connectivity index (χ1n) is 13.4. The molecule has 39 heavy (non-hydrogen) atoms. The summed E-state index contributed by atoms with van der Waals surface area (Å²) in [6, 6.07) is 15.9. The molecule has 7 nitrogen and oxygen atoms in total. The van der Waals surface area contributed by atoms with Gasteiger partial charge in [0, 0.05) is 36.5 Å². The summed E-state index contributed by atoms with van der Waals surface area (Å²) in [5, 5.41) is 3.61. The van der Waals surface area contributed by atoms with Crippen molar-refractivity contribution in [1.29, 1.82) is 0 Å². The predicted molar refractivity (Wildman–Crippen MR) is 151 cm³/mol. The Kier molecular flexibility index (Phi) is 8.90. The number of fused-ring (bicyclic) bond motifs is 1. The van der Waals surface area contributed by atoms with Crippen molar-refractivity contribution < 1.29 is 19.2 Å². The van der Waals surface area contributed by atoms with Gasteiger partial charge < -0.3 is 10.2 Å². The molecule has 0 saturated carbocycles.